The van der Waals surface area contributed by atoms with E-state index in [1.807, 2.05) is 0 Å². The van der Waals surface area contributed by atoms with Crippen LogP contribution in [0.5, 0.6) is 0 Å². The molecule has 0 saturated carbocycles. The first-order chi connectivity index (χ1) is 7.39. The van der Waals surface area contributed by atoms with E-state index in [-0.39, 0.29) is 5.69 Å². The third-order valence-electron chi connectivity index (χ3n) is 2.43. The number of hydrogen-bond acceptors (Lipinski definition) is 1. The molecule has 1 atom stereocenters. The van der Waals surface area contributed by atoms with E-state index in [4.69, 9.17) is 0 Å². The van der Waals surface area contributed by atoms with Gasteiger partial charge in [-0.05, 0) is 19.1 Å². The molecule has 0 N–H and O–H groups in total. The van der Waals surface area contributed by atoms with Gasteiger partial charge in [0.1, 0.15) is 11.5 Å². The largest absolute Gasteiger partial charge is 0.396 e. The fourth-order valence-electron chi connectivity index (χ4n) is 1.46. The van der Waals surface area contributed by atoms with Crippen LogP contribution in [-0.4, -0.2) is 15.6 Å². The van der Waals surface area contributed by atoms with Crippen LogP contribution in [0.25, 0.3) is 5.65 Å². The van der Waals surface area contributed by atoms with Gasteiger partial charge in [0.15, 0.2) is 0 Å². The van der Waals surface area contributed by atoms with Crippen molar-refractivity contribution >= 4 is 5.65 Å². The topological polar surface area (TPSA) is 17.3 Å². The standard InChI is InChI=1S/C10H8F4N2/c1-6(10(12,13)14)8-4-15-9-3-2-7(11)5-16(8)9/h2-6H,1H3. The molecule has 0 aliphatic heterocycles. The summed E-state index contributed by atoms with van der Waals surface area (Å²) in [5, 5.41) is 0. The number of alkyl halides is 3. The molecular weight excluding hydrogens is 224 g/mol. The Kier molecular flexibility index (Phi) is 2.36. The monoisotopic (exact) mass is 232 g/mol. The van der Waals surface area contributed by atoms with E-state index in [0.29, 0.717) is 5.65 Å². The highest BCUT2D eigenvalue weighted by Gasteiger charge is 2.38. The molecule has 2 nitrogen and oxygen atoms in total. The van der Waals surface area contributed by atoms with E-state index < -0.39 is 17.9 Å². The van der Waals surface area contributed by atoms with E-state index in [9.17, 15) is 17.6 Å². The molecule has 0 aromatic carbocycles. The molecule has 0 radical (unpaired) electrons. The van der Waals surface area contributed by atoms with Crippen LogP contribution in [0.4, 0.5) is 17.6 Å². The molecule has 2 rings (SSSR count). The van der Waals surface area contributed by atoms with Crippen LogP contribution in [0, 0.1) is 5.82 Å². The van der Waals surface area contributed by atoms with Gasteiger partial charge in [0.2, 0.25) is 0 Å². The van der Waals surface area contributed by atoms with Crippen molar-refractivity contribution in [1.82, 2.24) is 9.38 Å². The molecule has 0 saturated heterocycles. The minimum atomic E-state index is -4.36. The van der Waals surface area contributed by atoms with E-state index in [2.05, 4.69) is 4.98 Å². The van der Waals surface area contributed by atoms with Gasteiger partial charge in [0.25, 0.3) is 0 Å². The van der Waals surface area contributed by atoms with E-state index in [0.717, 1.165) is 29.8 Å². The van der Waals surface area contributed by atoms with Gasteiger partial charge in [0.05, 0.1) is 11.6 Å². The Bertz CT molecular complexity index is 515. The highest BCUT2D eigenvalue weighted by molar-refractivity contribution is 5.41. The van der Waals surface area contributed by atoms with Gasteiger partial charge in [0, 0.05) is 12.4 Å². The predicted octanol–water partition coefficient (Wildman–Crippen LogP) is 3.14. The number of fused-ring (bicyclic) bond motifs is 1. The first-order valence-corrected chi connectivity index (χ1v) is 4.59. The molecule has 2 heterocycles. The summed E-state index contributed by atoms with van der Waals surface area (Å²) in [7, 11) is 0. The minimum Gasteiger partial charge on any atom is -0.301 e. The average molecular weight is 232 g/mol. The van der Waals surface area contributed by atoms with Crippen LogP contribution < -0.4 is 0 Å². The highest BCUT2D eigenvalue weighted by Crippen LogP contribution is 2.34. The number of nitrogens with zero attached hydrogens (tertiary/aromatic N) is 2. The van der Waals surface area contributed by atoms with Gasteiger partial charge in [-0.3, -0.25) is 0 Å². The average Bonchev–Trinajstić information content (AvgIpc) is 2.57. The zero-order chi connectivity index (χ0) is 11.9. The first-order valence-electron chi connectivity index (χ1n) is 4.59. The number of pyridine rings is 1. The van der Waals surface area contributed by atoms with Crippen molar-refractivity contribution in [2.45, 2.75) is 19.0 Å². The van der Waals surface area contributed by atoms with Crippen molar-refractivity contribution in [3.8, 4) is 0 Å². The van der Waals surface area contributed by atoms with Gasteiger partial charge in [-0.1, -0.05) is 0 Å². The minimum absolute atomic E-state index is 0.0676. The smallest absolute Gasteiger partial charge is 0.301 e. The molecule has 0 bridgehead atoms. The van der Waals surface area contributed by atoms with Crippen molar-refractivity contribution in [1.29, 1.82) is 0 Å². The van der Waals surface area contributed by atoms with Crippen molar-refractivity contribution < 1.29 is 17.6 Å². The number of rotatable bonds is 1. The number of halogens is 4. The molecule has 0 aliphatic carbocycles. The van der Waals surface area contributed by atoms with Crippen molar-refractivity contribution in [2.75, 3.05) is 0 Å². The first kappa shape index (κ1) is 10.9. The lowest BCUT2D eigenvalue weighted by molar-refractivity contribution is -0.147. The molecular formula is C10H8F4N2. The van der Waals surface area contributed by atoms with E-state index in [1.54, 1.807) is 0 Å². The lowest BCUT2D eigenvalue weighted by Gasteiger charge is -2.14. The summed E-state index contributed by atoms with van der Waals surface area (Å²) in [4.78, 5) is 3.79. The molecule has 2 aromatic rings. The van der Waals surface area contributed by atoms with Crippen LogP contribution in [0.2, 0.25) is 0 Å². The van der Waals surface area contributed by atoms with E-state index in [1.165, 1.54) is 6.07 Å². The molecule has 0 aliphatic rings. The second-order valence-electron chi connectivity index (χ2n) is 3.52. The second-order valence-corrected chi connectivity index (χ2v) is 3.52. The van der Waals surface area contributed by atoms with Crippen LogP contribution >= 0.6 is 0 Å². The van der Waals surface area contributed by atoms with Gasteiger partial charge < -0.3 is 4.40 Å². The SMILES string of the molecule is CC(c1cnc2ccc(F)cn12)C(F)(F)F. The number of imidazole rings is 1. The Morgan fingerprint density at radius 1 is 1.31 bits per heavy atom. The maximum absolute atomic E-state index is 12.9. The Labute approximate surface area is 88.5 Å². The lowest BCUT2D eigenvalue weighted by Crippen LogP contribution is -2.19. The summed E-state index contributed by atoms with van der Waals surface area (Å²) < 4.78 is 51.6. The van der Waals surface area contributed by atoms with Gasteiger partial charge in [-0.25, -0.2) is 9.37 Å². The van der Waals surface area contributed by atoms with Gasteiger partial charge in [-0.15, -0.1) is 0 Å². The summed E-state index contributed by atoms with van der Waals surface area (Å²) in [6.07, 6.45) is -2.24. The third-order valence-corrected chi connectivity index (χ3v) is 2.43. The second kappa shape index (κ2) is 3.47. The number of hydrogen-bond donors (Lipinski definition) is 0. The Hall–Kier alpha value is -1.59. The van der Waals surface area contributed by atoms with Gasteiger partial charge >= 0.3 is 6.18 Å². The summed E-state index contributed by atoms with van der Waals surface area (Å²) in [5.74, 6) is -2.27. The Balaban J connectivity index is 2.57. The Morgan fingerprint density at radius 3 is 2.62 bits per heavy atom. The van der Waals surface area contributed by atoms with Crippen molar-refractivity contribution in [3.63, 3.8) is 0 Å². The summed E-state index contributed by atoms with van der Waals surface area (Å²) in [6, 6.07) is 2.49. The summed E-state index contributed by atoms with van der Waals surface area (Å²) >= 11 is 0. The molecule has 86 valence electrons. The summed E-state index contributed by atoms with van der Waals surface area (Å²) in [5.41, 5.74) is 0.231. The fraction of sp³-hybridized carbons (Fsp3) is 0.300. The third kappa shape index (κ3) is 1.75. The maximum Gasteiger partial charge on any atom is 0.396 e. The molecule has 6 heteroatoms. The van der Waals surface area contributed by atoms with Crippen molar-refractivity contribution in [2.24, 2.45) is 0 Å². The van der Waals surface area contributed by atoms with Crippen LogP contribution in [-0.2, 0) is 0 Å². The predicted molar refractivity (Wildman–Crippen MR) is 49.6 cm³/mol. The highest BCUT2D eigenvalue weighted by atomic mass is 19.4. The summed E-state index contributed by atoms with van der Waals surface area (Å²) in [6.45, 7) is 1.02. The molecule has 0 fully saturated rings. The zero-order valence-electron chi connectivity index (χ0n) is 8.29. The fourth-order valence-corrected chi connectivity index (χ4v) is 1.46. The van der Waals surface area contributed by atoms with Crippen LogP contribution in [0.15, 0.2) is 24.5 Å². The van der Waals surface area contributed by atoms with Gasteiger partial charge in [-0.2, -0.15) is 13.2 Å². The van der Waals surface area contributed by atoms with Crippen molar-refractivity contribution in [3.05, 3.63) is 36.0 Å². The number of aromatic nitrogens is 2. The zero-order valence-corrected chi connectivity index (χ0v) is 8.29. The normalized spacial score (nSPS) is 14.3. The van der Waals surface area contributed by atoms with E-state index >= 15 is 0 Å². The lowest BCUT2D eigenvalue weighted by atomic mass is 10.1. The molecule has 0 spiro atoms. The Morgan fingerprint density at radius 2 is 2.00 bits per heavy atom. The molecule has 0 amide bonds. The van der Waals surface area contributed by atoms with Crippen LogP contribution in [0.3, 0.4) is 0 Å². The molecule has 2 aromatic heterocycles. The maximum atomic E-state index is 12.9. The van der Waals surface area contributed by atoms with Crippen LogP contribution in [0.1, 0.15) is 18.5 Å². The molecule has 1 unspecified atom stereocenters. The quantitative estimate of drug-likeness (QED) is 0.690. The molecule has 16 heavy (non-hydrogen) atoms.